The van der Waals surface area contributed by atoms with Gasteiger partial charge >= 0.3 is 0 Å². The summed E-state index contributed by atoms with van der Waals surface area (Å²) in [5.74, 6) is -0.645. The van der Waals surface area contributed by atoms with Gasteiger partial charge in [-0.2, -0.15) is 0 Å². The van der Waals surface area contributed by atoms with Gasteiger partial charge in [-0.1, -0.05) is 18.9 Å². The standard InChI is InChI=1S/C15H24N2O4/c16-12(9-11-5-6-13(19)14(20)10-11)15(21)17-7-3-1-2-4-8-18/h5-6,10,12,18-20H,1-4,7-9,16H2,(H,17,21)/t12-/m0/s1. The van der Waals surface area contributed by atoms with E-state index in [1.807, 2.05) is 0 Å². The average molecular weight is 296 g/mol. The fourth-order valence-corrected chi connectivity index (χ4v) is 1.98. The molecule has 1 aromatic carbocycles. The van der Waals surface area contributed by atoms with E-state index in [4.69, 9.17) is 10.8 Å². The molecule has 0 heterocycles. The summed E-state index contributed by atoms with van der Waals surface area (Å²) in [6, 6.07) is 3.71. The minimum Gasteiger partial charge on any atom is -0.504 e. The van der Waals surface area contributed by atoms with Crippen molar-refractivity contribution in [2.24, 2.45) is 5.73 Å². The number of amides is 1. The van der Waals surface area contributed by atoms with Gasteiger partial charge in [-0.3, -0.25) is 4.79 Å². The molecule has 0 fully saturated rings. The topological polar surface area (TPSA) is 116 Å². The maximum Gasteiger partial charge on any atom is 0.237 e. The van der Waals surface area contributed by atoms with E-state index in [0.29, 0.717) is 18.5 Å². The summed E-state index contributed by atoms with van der Waals surface area (Å²) in [5, 5.41) is 30.0. The number of hydrogen-bond acceptors (Lipinski definition) is 5. The van der Waals surface area contributed by atoms with E-state index in [0.717, 1.165) is 25.7 Å². The molecule has 0 aliphatic heterocycles. The quantitative estimate of drug-likeness (QED) is 0.339. The van der Waals surface area contributed by atoms with E-state index >= 15 is 0 Å². The third kappa shape index (κ3) is 6.46. The lowest BCUT2D eigenvalue weighted by Crippen LogP contribution is -2.42. The predicted molar refractivity (Wildman–Crippen MR) is 80.0 cm³/mol. The van der Waals surface area contributed by atoms with Crippen LogP contribution in [0.2, 0.25) is 0 Å². The van der Waals surface area contributed by atoms with Crippen molar-refractivity contribution < 1.29 is 20.1 Å². The highest BCUT2D eigenvalue weighted by atomic mass is 16.3. The van der Waals surface area contributed by atoms with E-state index < -0.39 is 6.04 Å². The molecule has 6 N–H and O–H groups in total. The molecule has 0 aromatic heterocycles. The summed E-state index contributed by atoms with van der Waals surface area (Å²) in [6.45, 7) is 0.773. The van der Waals surface area contributed by atoms with Crippen molar-refractivity contribution in [1.29, 1.82) is 0 Å². The average Bonchev–Trinajstić information content (AvgIpc) is 2.46. The second-order valence-corrected chi connectivity index (χ2v) is 5.06. The molecule has 1 amide bonds. The predicted octanol–water partition coefficient (Wildman–Crippen LogP) is 0.636. The van der Waals surface area contributed by atoms with Crippen LogP contribution in [0, 0.1) is 0 Å². The van der Waals surface area contributed by atoms with E-state index in [2.05, 4.69) is 5.32 Å². The summed E-state index contributed by atoms with van der Waals surface area (Å²) >= 11 is 0. The fourth-order valence-electron chi connectivity index (χ4n) is 1.98. The van der Waals surface area contributed by atoms with Gasteiger partial charge in [0.2, 0.25) is 5.91 Å². The van der Waals surface area contributed by atoms with Crippen LogP contribution in [-0.2, 0) is 11.2 Å². The Morgan fingerprint density at radius 3 is 2.52 bits per heavy atom. The Bertz CT molecular complexity index is 451. The van der Waals surface area contributed by atoms with Crippen LogP contribution in [0.15, 0.2) is 18.2 Å². The number of carbonyl (C=O) groups excluding carboxylic acids is 1. The van der Waals surface area contributed by atoms with Crippen LogP contribution >= 0.6 is 0 Å². The Kier molecular flexibility index (Phi) is 7.56. The van der Waals surface area contributed by atoms with Gasteiger partial charge in [0.1, 0.15) is 0 Å². The summed E-state index contributed by atoms with van der Waals surface area (Å²) in [7, 11) is 0. The van der Waals surface area contributed by atoms with E-state index in [1.165, 1.54) is 12.1 Å². The molecule has 0 aliphatic rings. The lowest BCUT2D eigenvalue weighted by atomic mass is 10.1. The normalized spacial score (nSPS) is 12.1. The third-order valence-corrected chi connectivity index (χ3v) is 3.22. The minimum atomic E-state index is -0.689. The molecule has 1 atom stereocenters. The van der Waals surface area contributed by atoms with Crippen LogP contribution in [0.1, 0.15) is 31.2 Å². The smallest absolute Gasteiger partial charge is 0.237 e. The summed E-state index contributed by atoms with van der Waals surface area (Å²) in [6.07, 6.45) is 3.85. The van der Waals surface area contributed by atoms with Gasteiger partial charge in [-0.15, -0.1) is 0 Å². The molecule has 6 heteroatoms. The number of aromatic hydroxyl groups is 2. The van der Waals surface area contributed by atoms with Crippen molar-refractivity contribution in [3.8, 4) is 11.5 Å². The van der Waals surface area contributed by atoms with Crippen molar-refractivity contribution in [2.45, 2.75) is 38.1 Å². The molecule has 0 aliphatic carbocycles. The number of hydrogen-bond donors (Lipinski definition) is 5. The highest BCUT2D eigenvalue weighted by molar-refractivity contribution is 5.81. The number of carbonyl (C=O) groups is 1. The Labute approximate surface area is 124 Å². The Hall–Kier alpha value is -1.79. The van der Waals surface area contributed by atoms with E-state index in [-0.39, 0.29) is 24.0 Å². The molecule has 6 nitrogen and oxygen atoms in total. The first-order chi connectivity index (χ1) is 10.0. The zero-order valence-corrected chi connectivity index (χ0v) is 12.1. The number of aliphatic hydroxyl groups excluding tert-OH is 1. The lowest BCUT2D eigenvalue weighted by Gasteiger charge is -2.12. The van der Waals surface area contributed by atoms with Gasteiger partial charge in [-0.05, 0) is 37.0 Å². The van der Waals surface area contributed by atoms with Gasteiger partial charge in [0.25, 0.3) is 0 Å². The largest absolute Gasteiger partial charge is 0.504 e. The monoisotopic (exact) mass is 296 g/mol. The number of nitrogens with two attached hydrogens (primary N) is 1. The minimum absolute atomic E-state index is 0.195. The third-order valence-electron chi connectivity index (χ3n) is 3.22. The molecule has 0 spiro atoms. The number of nitrogens with one attached hydrogen (secondary N) is 1. The van der Waals surface area contributed by atoms with Crippen molar-refractivity contribution in [3.05, 3.63) is 23.8 Å². The maximum atomic E-state index is 11.8. The maximum absolute atomic E-state index is 11.8. The number of unbranched alkanes of at least 4 members (excludes halogenated alkanes) is 3. The first kappa shape index (κ1) is 17.3. The molecule has 0 saturated carbocycles. The van der Waals surface area contributed by atoms with Crippen molar-refractivity contribution in [1.82, 2.24) is 5.32 Å². The molecule has 1 aromatic rings. The fraction of sp³-hybridized carbons (Fsp3) is 0.533. The molecule has 1 rings (SSSR count). The van der Waals surface area contributed by atoms with Gasteiger partial charge in [0, 0.05) is 13.2 Å². The molecular weight excluding hydrogens is 272 g/mol. The Morgan fingerprint density at radius 2 is 1.86 bits per heavy atom. The van der Waals surface area contributed by atoms with Crippen molar-refractivity contribution in [3.63, 3.8) is 0 Å². The van der Waals surface area contributed by atoms with Gasteiger partial charge in [0.15, 0.2) is 11.5 Å². The Balaban J connectivity index is 2.29. The van der Waals surface area contributed by atoms with Crippen LogP contribution in [-0.4, -0.2) is 40.4 Å². The zero-order valence-electron chi connectivity index (χ0n) is 12.1. The number of phenols is 2. The molecule has 118 valence electrons. The number of benzene rings is 1. The van der Waals surface area contributed by atoms with E-state index in [1.54, 1.807) is 6.07 Å². The first-order valence-electron chi connectivity index (χ1n) is 7.19. The summed E-state index contributed by atoms with van der Waals surface area (Å²) in [4.78, 5) is 11.8. The molecule has 0 radical (unpaired) electrons. The number of phenolic OH excluding ortho intramolecular Hbond substituents is 2. The first-order valence-corrected chi connectivity index (χ1v) is 7.19. The molecule has 0 bridgehead atoms. The second-order valence-electron chi connectivity index (χ2n) is 5.06. The highest BCUT2D eigenvalue weighted by Gasteiger charge is 2.14. The zero-order chi connectivity index (χ0) is 15.7. The molecule has 0 unspecified atom stereocenters. The van der Waals surface area contributed by atoms with Gasteiger partial charge in [0.05, 0.1) is 6.04 Å². The summed E-state index contributed by atoms with van der Waals surface area (Å²) in [5.41, 5.74) is 6.50. The second kappa shape index (κ2) is 9.20. The SMILES string of the molecule is N[C@@H](Cc1ccc(O)c(O)c1)C(=O)NCCCCCCO. The van der Waals surface area contributed by atoms with Gasteiger partial charge < -0.3 is 26.4 Å². The van der Waals surface area contributed by atoms with Crippen molar-refractivity contribution in [2.75, 3.05) is 13.2 Å². The van der Waals surface area contributed by atoms with Crippen LogP contribution in [0.25, 0.3) is 0 Å². The Morgan fingerprint density at radius 1 is 1.14 bits per heavy atom. The van der Waals surface area contributed by atoms with Crippen LogP contribution in [0.5, 0.6) is 11.5 Å². The van der Waals surface area contributed by atoms with Gasteiger partial charge in [-0.25, -0.2) is 0 Å². The lowest BCUT2D eigenvalue weighted by molar-refractivity contribution is -0.122. The molecule has 21 heavy (non-hydrogen) atoms. The van der Waals surface area contributed by atoms with Crippen LogP contribution in [0.4, 0.5) is 0 Å². The number of rotatable bonds is 9. The summed E-state index contributed by atoms with van der Waals surface area (Å²) < 4.78 is 0. The van der Waals surface area contributed by atoms with Crippen LogP contribution < -0.4 is 11.1 Å². The molecule has 0 saturated heterocycles. The number of aliphatic hydroxyl groups is 1. The van der Waals surface area contributed by atoms with Crippen molar-refractivity contribution >= 4 is 5.91 Å². The van der Waals surface area contributed by atoms with E-state index in [9.17, 15) is 15.0 Å². The van der Waals surface area contributed by atoms with Crippen LogP contribution in [0.3, 0.4) is 0 Å². The molecular formula is C15H24N2O4. The highest BCUT2D eigenvalue weighted by Crippen LogP contribution is 2.25.